The molecular formula is C25H33Cl2N5O4. The van der Waals surface area contributed by atoms with E-state index in [0.29, 0.717) is 66.1 Å². The van der Waals surface area contributed by atoms with Crippen molar-refractivity contribution in [2.75, 3.05) is 52.4 Å². The summed E-state index contributed by atoms with van der Waals surface area (Å²) in [5, 5.41) is 6.58. The number of piperazine rings is 1. The van der Waals surface area contributed by atoms with Gasteiger partial charge in [-0.1, -0.05) is 42.3 Å². The number of ether oxygens (including phenoxy) is 1. The van der Waals surface area contributed by atoms with Crippen molar-refractivity contribution in [1.29, 1.82) is 0 Å². The molecule has 11 heteroatoms. The minimum atomic E-state index is -0.807. The Morgan fingerprint density at radius 1 is 1.22 bits per heavy atom. The molecule has 3 rings (SSSR count). The third-order valence-corrected chi connectivity index (χ3v) is 6.64. The lowest BCUT2D eigenvalue weighted by Gasteiger charge is -2.40. The molecule has 0 spiro atoms. The lowest BCUT2D eigenvalue weighted by molar-refractivity contribution is -0.139. The first kappa shape index (κ1) is 27.8. The van der Waals surface area contributed by atoms with Crippen LogP contribution < -0.4 is 10.6 Å². The van der Waals surface area contributed by atoms with Crippen molar-refractivity contribution in [1.82, 2.24) is 25.3 Å². The van der Waals surface area contributed by atoms with Crippen molar-refractivity contribution in [2.24, 2.45) is 0 Å². The summed E-state index contributed by atoms with van der Waals surface area (Å²) in [6.07, 6.45) is 2.48. The summed E-state index contributed by atoms with van der Waals surface area (Å²) in [6.45, 7) is 11.1. The van der Waals surface area contributed by atoms with E-state index in [0.717, 1.165) is 6.42 Å². The number of amides is 4. The average Bonchev–Trinajstić information content (AvgIpc) is 2.85. The lowest BCUT2D eigenvalue weighted by Crippen LogP contribution is -2.55. The van der Waals surface area contributed by atoms with Crippen LogP contribution in [-0.2, 0) is 9.53 Å². The van der Waals surface area contributed by atoms with Gasteiger partial charge in [-0.05, 0) is 31.0 Å². The highest BCUT2D eigenvalue weighted by Gasteiger charge is 2.39. The number of nitrogens with one attached hydrogen (secondary N) is 2. The van der Waals surface area contributed by atoms with Crippen LogP contribution in [0.15, 0.2) is 42.1 Å². The Balaban J connectivity index is 1.95. The molecule has 2 N–H and O–H groups in total. The number of nitrogens with zero attached hydrogens (tertiary/aromatic N) is 3. The van der Waals surface area contributed by atoms with E-state index in [2.05, 4.69) is 22.1 Å². The third kappa shape index (κ3) is 6.52. The summed E-state index contributed by atoms with van der Waals surface area (Å²) in [6, 6.07) is 3.68. The Bertz CT molecular complexity index is 1020. The standard InChI is InChI=1S/C25H33Cl2N5O4/c1-4-9-28-24(34)31-13-11-30(12-14-31)16-20-21(23(33)36-6-3)22(29-25(35)32(20)10-5-2)18-8-7-17(26)15-19(18)27/h5,7-8,15,22H,2,4,6,9-14,16H2,1,3H3,(H,28,34)(H,29,35). The molecule has 1 saturated heterocycles. The summed E-state index contributed by atoms with van der Waals surface area (Å²) in [5.74, 6) is -0.532. The van der Waals surface area contributed by atoms with E-state index in [1.165, 1.54) is 4.90 Å². The molecule has 1 atom stereocenters. The van der Waals surface area contributed by atoms with Gasteiger partial charge in [0.05, 0.1) is 18.2 Å². The zero-order valence-electron chi connectivity index (χ0n) is 20.7. The van der Waals surface area contributed by atoms with Crippen molar-refractivity contribution in [3.05, 3.63) is 57.7 Å². The van der Waals surface area contributed by atoms with Crippen LogP contribution in [0.25, 0.3) is 0 Å². The largest absolute Gasteiger partial charge is 0.463 e. The van der Waals surface area contributed by atoms with E-state index in [-0.39, 0.29) is 25.2 Å². The molecule has 1 fully saturated rings. The van der Waals surface area contributed by atoms with Crippen molar-refractivity contribution in [2.45, 2.75) is 26.3 Å². The summed E-state index contributed by atoms with van der Waals surface area (Å²) in [5.41, 5.74) is 1.38. The van der Waals surface area contributed by atoms with E-state index in [1.54, 1.807) is 36.1 Å². The molecule has 2 aliphatic rings. The van der Waals surface area contributed by atoms with Crippen molar-refractivity contribution >= 4 is 41.2 Å². The van der Waals surface area contributed by atoms with Gasteiger partial charge >= 0.3 is 18.0 Å². The first-order valence-corrected chi connectivity index (χ1v) is 12.8. The molecule has 36 heavy (non-hydrogen) atoms. The van der Waals surface area contributed by atoms with Gasteiger partial charge in [-0.2, -0.15) is 0 Å². The first-order valence-electron chi connectivity index (χ1n) is 12.1. The van der Waals surface area contributed by atoms with Crippen LogP contribution in [0.4, 0.5) is 9.59 Å². The van der Waals surface area contributed by atoms with Crippen LogP contribution >= 0.6 is 23.2 Å². The number of carbonyl (C=O) groups is 3. The van der Waals surface area contributed by atoms with Crippen molar-refractivity contribution < 1.29 is 19.1 Å². The maximum atomic E-state index is 13.3. The molecule has 9 nitrogen and oxygen atoms in total. The molecule has 0 bridgehead atoms. The van der Waals surface area contributed by atoms with Gasteiger partial charge in [0.25, 0.3) is 0 Å². The topological polar surface area (TPSA) is 94.2 Å². The van der Waals surface area contributed by atoms with Gasteiger partial charge in [0.1, 0.15) is 0 Å². The Kier molecular flexibility index (Phi) is 10.0. The van der Waals surface area contributed by atoms with Crippen LogP contribution in [0.1, 0.15) is 31.9 Å². The van der Waals surface area contributed by atoms with Gasteiger partial charge in [0.2, 0.25) is 0 Å². The minimum absolute atomic E-state index is 0.0781. The summed E-state index contributed by atoms with van der Waals surface area (Å²) >= 11 is 12.6. The quantitative estimate of drug-likeness (QED) is 0.369. The lowest BCUT2D eigenvalue weighted by atomic mass is 9.94. The molecule has 0 radical (unpaired) electrons. The second kappa shape index (κ2) is 13.0. The summed E-state index contributed by atoms with van der Waals surface area (Å²) in [4.78, 5) is 44.2. The number of hydrogen-bond acceptors (Lipinski definition) is 5. The summed E-state index contributed by atoms with van der Waals surface area (Å²) < 4.78 is 5.41. The van der Waals surface area contributed by atoms with E-state index in [1.807, 2.05) is 6.92 Å². The van der Waals surface area contributed by atoms with Crippen molar-refractivity contribution in [3.8, 4) is 0 Å². The second-order valence-corrected chi connectivity index (χ2v) is 9.37. The molecule has 0 aromatic heterocycles. The normalized spacial score (nSPS) is 18.7. The molecule has 2 aliphatic heterocycles. The number of rotatable bonds is 9. The van der Waals surface area contributed by atoms with Crippen LogP contribution in [-0.4, -0.2) is 85.2 Å². The molecular weight excluding hydrogens is 505 g/mol. The van der Waals surface area contributed by atoms with Crippen LogP contribution in [0.5, 0.6) is 0 Å². The number of benzene rings is 1. The Morgan fingerprint density at radius 2 is 1.94 bits per heavy atom. The van der Waals surface area contributed by atoms with Crippen molar-refractivity contribution in [3.63, 3.8) is 0 Å². The second-order valence-electron chi connectivity index (χ2n) is 8.52. The SMILES string of the molecule is C=CCN1C(=O)NC(c2ccc(Cl)cc2Cl)C(C(=O)OCC)=C1CN1CCN(C(=O)NCCC)CC1. The molecule has 1 unspecified atom stereocenters. The number of carbonyl (C=O) groups excluding carboxylic acids is 3. The number of esters is 1. The molecule has 0 aliphatic carbocycles. The fraction of sp³-hybridized carbons (Fsp3) is 0.480. The Labute approximate surface area is 222 Å². The Morgan fingerprint density at radius 3 is 2.56 bits per heavy atom. The summed E-state index contributed by atoms with van der Waals surface area (Å²) in [7, 11) is 0. The van der Waals surface area contributed by atoms with Crippen LogP contribution in [0.2, 0.25) is 10.0 Å². The fourth-order valence-electron chi connectivity index (χ4n) is 4.28. The van der Waals surface area contributed by atoms with E-state index in [9.17, 15) is 14.4 Å². The monoisotopic (exact) mass is 537 g/mol. The number of hydrogen-bond donors (Lipinski definition) is 2. The number of urea groups is 2. The smallest absolute Gasteiger partial charge is 0.338 e. The third-order valence-electron chi connectivity index (χ3n) is 6.08. The van der Waals surface area contributed by atoms with Crippen LogP contribution in [0.3, 0.4) is 0 Å². The van der Waals surface area contributed by atoms with E-state index < -0.39 is 12.0 Å². The molecule has 1 aromatic rings. The fourth-order valence-corrected chi connectivity index (χ4v) is 4.80. The van der Waals surface area contributed by atoms with Gasteiger partial charge in [-0.3, -0.25) is 9.80 Å². The van der Waals surface area contributed by atoms with E-state index >= 15 is 0 Å². The maximum Gasteiger partial charge on any atom is 0.338 e. The molecule has 1 aromatic carbocycles. The predicted octanol–water partition coefficient (Wildman–Crippen LogP) is 3.80. The molecule has 4 amide bonds. The van der Waals surface area contributed by atoms with Gasteiger partial charge < -0.3 is 20.3 Å². The molecule has 2 heterocycles. The van der Waals surface area contributed by atoms with Gasteiger partial charge in [-0.15, -0.1) is 6.58 Å². The molecule has 0 saturated carbocycles. The zero-order valence-corrected chi connectivity index (χ0v) is 22.2. The van der Waals surface area contributed by atoms with E-state index in [4.69, 9.17) is 27.9 Å². The van der Waals surface area contributed by atoms with Gasteiger partial charge in [0, 0.05) is 61.6 Å². The highest BCUT2D eigenvalue weighted by atomic mass is 35.5. The van der Waals surface area contributed by atoms with Gasteiger partial charge in [-0.25, -0.2) is 14.4 Å². The van der Waals surface area contributed by atoms with Crippen LogP contribution in [0, 0.1) is 0 Å². The minimum Gasteiger partial charge on any atom is -0.463 e. The maximum absolute atomic E-state index is 13.3. The zero-order chi connectivity index (χ0) is 26.2. The number of halogens is 2. The van der Waals surface area contributed by atoms with Gasteiger partial charge in [0.15, 0.2) is 0 Å². The highest BCUT2D eigenvalue weighted by Crippen LogP contribution is 2.36. The first-order chi connectivity index (χ1) is 17.3. The molecule has 196 valence electrons. The Hall–Kier alpha value is -2.75. The average molecular weight is 538 g/mol. The predicted molar refractivity (Wildman–Crippen MR) is 140 cm³/mol. The highest BCUT2D eigenvalue weighted by molar-refractivity contribution is 6.35.